The second-order valence-corrected chi connectivity index (χ2v) is 4.17. The second-order valence-electron chi connectivity index (χ2n) is 3.73. The van der Waals surface area contributed by atoms with Crippen molar-refractivity contribution in [3.8, 4) is 11.4 Å². The molecule has 0 aliphatic rings. The van der Waals surface area contributed by atoms with Crippen molar-refractivity contribution in [2.45, 2.75) is 0 Å². The molecule has 0 saturated carbocycles. The maximum absolute atomic E-state index is 12.1. The molecule has 83 valence electrons. The lowest BCUT2D eigenvalue weighted by atomic mass is 10.2. The molecule has 0 spiro atoms. The smallest absolute Gasteiger partial charge is 0.181 e. The summed E-state index contributed by atoms with van der Waals surface area (Å²) in [5.41, 5.74) is 1.95. The highest BCUT2D eigenvalue weighted by Gasteiger charge is 2.12. The van der Waals surface area contributed by atoms with Crippen LogP contribution >= 0.6 is 11.6 Å². The summed E-state index contributed by atoms with van der Waals surface area (Å²) in [6.07, 6.45) is 0. The first kappa shape index (κ1) is 10.2. The highest BCUT2D eigenvalue weighted by atomic mass is 35.5. The van der Waals surface area contributed by atoms with Crippen LogP contribution in [-0.2, 0) is 5.21 Å². The number of fused-ring (bicyclic) bond motifs is 1. The molecule has 0 bridgehead atoms. The Morgan fingerprint density at radius 2 is 1.82 bits per heavy atom. The van der Waals surface area contributed by atoms with Crippen molar-refractivity contribution in [3.05, 3.63) is 53.6 Å². The SMILES string of the molecule is [O]n1c(-c2ccccc2)nc2ccc(Cl)cc21. The minimum atomic E-state index is 0.405. The van der Waals surface area contributed by atoms with Gasteiger partial charge in [0.2, 0.25) is 0 Å². The molecule has 0 aliphatic heterocycles. The summed E-state index contributed by atoms with van der Waals surface area (Å²) in [4.78, 5) is 4.32. The molecular weight excluding hydrogens is 236 g/mol. The number of benzene rings is 2. The second kappa shape index (κ2) is 3.79. The van der Waals surface area contributed by atoms with Crippen molar-refractivity contribution < 1.29 is 5.21 Å². The zero-order valence-corrected chi connectivity index (χ0v) is 9.56. The molecule has 2 aromatic carbocycles. The van der Waals surface area contributed by atoms with Gasteiger partial charge in [0.15, 0.2) is 5.82 Å². The first-order chi connectivity index (χ1) is 8.25. The molecule has 0 atom stereocenters. The van der Waals surface area contributed by atoms with Gasteiger partial charge in [-0.1, -0.05) is 41.9 Å². The predicted octanol–water partition coefficient (Wildman–Crippen LogP) is 3.55. The largest absolute Gasteiger partial charge is 0.225 e. The summed E-state index contributed by atoms with van der Waals surface area (Å²) in [7, 11) is 0. The highest BCUT2D eigenvalue weighted by Crippen LogP contribution is 2.25. The monoisotopic (exact) mass is 243 g/mol. The van der Waals surface area contributed by atoms with Gasteiger partial charge in [-0.05, 0) is 18.2 Å². The van der Waals surface area contributed by atoms with Crippen LogP contribution < -0.4 is 0 Å². The van der Waals surface area contributed by atoms with Gasteiger partial charge in [0.05, 0.1) is 5.52 Å². The fourth-order valence-electron chi connectivity index (χ4n) is 1.80. The van der Waals surface area contributed by atoms with Gasteiger partial charge in [-0.3, -0.25) is 0 Å². The standard InChI is InChI=1S/C13H8ClN2O/c14-10-6-7-11-12(8-10)16(17)13(15-11)9-4-2-1-3-5-9/h1-8H. The normalized spacial score (nSPS) is 10.9. The van der Waals surface area contributed by atoms with Crippen molar-refractivity contribution in [3.63, 3.8) is 0 Å². The Hall–Kier alpha value is -2.00. The van der Waals surface area contributed by atoms with Crippen molar-refractivity contribution in [1.82, 2.24) is 9.71 Å². The first-order valence-electron chi connectivity index (χ1n) is 5.16. The fraction of sp³-hybridized carbons (Fsp3) is 0. The molecule has 0 fully saturated rings. The minimum Gasteiger partial charge on any atom is -0.225 e. The van der Waals surface area contributed by atoms with Crippen molar-refractivity contribution in [1.29, 1.82) is 0 Å². The third-order valence-corrected chi connectivity index (χ3v) is 2.84. The summed E-state index contributed by atoms with van der Waals surface area (Å²) >= 11 is 5.87. The average Bonchev–Trinajstić information content (AvgIpc) is 2.68. The summed E-state index contributed by atoms with van der Waals surface area (Å²) < 4.78 is 0.816. The number of imidazole rings is 1. The van der Waals surface area contributed by atoms with Crippen LogP contribution in [0, 0.1) is 0 Å². The van der Waals surface area contributed by atoms with Gasteiger partial charge >= 0.3 is 0 Å². The van der Waals surface area contributed by atoms with Crippen LogP contribution in [0.15, 0.2) is 48.5 Å². The molecule has 4 heteroatoms. The van der Waals surface area contributed by atoms with E-state index in [2.05, 4.69) is 4.98 Å². The van der Waals surface area contributed by atoms with E-state index in [0.717, 1.165) is 10.3 Å². The van der Waals surface area contributed by atoms with Crippen LogP contribution in [0.5, 0.6) is 0 Å². The van der Waals surface area contributed by atoms with Crippen molar-refractivity contribution >= 4 is 22.6 Å². The van der Waals surface area contributed by atoms with Gasteiger partial charge in [0.1, 0.15) is 5.52 Å². The van der Waals surface area contributed by atoms with Crippen LogP contribution in [0.3, 0.4) is 0 Å². The molecule has 1 heterocycles. The molecule has 1 aromatic heterocycles. The molecule has 0 amide bonds. The molecule has 0 saturated heterocycles. The van der Waals surface area contributed by atoms with Crippen LogP contribution in [0.2, 0.25) is 5.02 Å². The summed E-state index contributed by atoms with van der Waals surface area (Å²) in [6.45, 7) is 0. The van der Waals surface area contributed by atoms with Gasteiger partial charge in [-0.2, -0.15) is 5.21 Å². The number of aromatic nitrogens is 2. The Kier molecular flexibility index (Phi) is 2.27. The lowest BCUT2D eigenvalue weighted by Gasteiger charge is -1.96. The zero-order valence-electron chi connectivity index (χ0n) is 8.80. The Bertz CT molecular complexity index is 676. The molecule has 0 aliphatic carbocycles. The van der Waals surface area contributed by atoms with E-state index in [-0.39, 0.29) is 0 Å². The van der Waals surface area contributed by atoms with E-state index in [1.54, 1.807) is 18.2 Å². The van der Waals surface area contributed by atoms with E-state index in [4.69, 9.17) is 11.6 Å². The van der Waals surface area contributed by atoms with E-state index in [9.17, 15) is 5.21 Å². The van der Waals surface area contributed by atoms with E-state index in [1.165, 1.54) is 0 Å². The van der Waals surface area contributed by atoms with Crippen LogP contribution in [0.1, 0.15) is 0 Å². The van der Waals surface area contributed by atoms with Crippen molar-refractivity contribution in [2.24, 2.45) is 0 Å². The summed E-state index contributed by atoms with van der Waals surface area (Å²) in [6, 6.07) is 14.5. The predicted molar refractivity (Wildman–Crippen MR) is 66.3 cm³/mol. The number of nitrogens with zero attached hydrogens (tertiary/aromatic N) is 2. The van der Waals surface area contributed by atoms with E-state index >= 15 is 0 Å². The molecule has 3 rings (SSSR count). The van der Waals surface area contributed by atoms with Crippen molar-refractivity contribution in [2.75, 3.05) is 0 Å². The Morgan fingerprint density at radius 1 is 1.06 bits per heavy atom. The third kappa shape index (κ3) is 1.65. The Balaban J connectivity index is 2.28. The number of hydrogen-bond acceptors (Lipinski definition) is 1. The fourth-order valence-corrected chi connectivity index (χ4v) is 1.96. The molecule has 3 nitrogen and oxygen atoms in total. The van der Waals surface area contributed by atoms with E-state index in [1.807, 2.05) is 30.3 Å². The van der Waals surface area contributed by atoms with Crippen LogP contribution in [0.4, 0.5) is 0 Å². The topological polar surface area (TPSA) is 37.7 Å². The molecule has 0 unspecified atom stereocenters. The Labute approximate surface area is 103 Å². The lowest BCUT2D eigenvalue weighted by molar-refractivity contribution is 0.105. The number of halogens is 1. The van der Waals surface area contributed by atoms with Gasteiger partial charge in [-0.25, -0.2) is 4.98 Å². The van der Waals surface area contributed by atoms with E-state index in [0.29, 0.717) is 21.9 Å². The summed E-state index contributed by atoms with van der Waals surface area (Å²) in [5, 5.41) is 12.6. The molecule has 3 aromatic rings. The average molecular weight is 244 g/mol. The first-order valence-corrected chi connectivity index (χ1v) is 5.54. The summed E-state index contributed by atoms with van der Waals surface area (Å²) in [5.74, 6) is 0.405. The molecule has 0 N–H and O–H groups in total. The van der Waals surface area contributed by atoms with Crippen LogP contribution in [-0.4, -0.2) is 9.71 Å². The Morgan fingerprint density at radius 3 is 2.59 bits per heavy atom. The van der Waals surface area contributed by atoms with Gasteiger partial charge in [0, 0.05) is 10.6 Å². The minimum absolute atomic E-state index is 0.405. The number of hydrogen-bond donors (Lipinski definition) is 0. The maximum Gasteiger partial charge on any atom is 0.181 e. The van der Waals surface area contributed by atoms with E-state index < -0.39 is 0 Å². The molecule has 1 radical (unpaired) electrons. The lowest BCUT2D eigenvalue weighted by Crippen LogP contribution is -1.91. The maximum atomic E-state index is 12.1. The quantitative estimate of drug-likeness (QED) is 0.644. The van der Waals surface area contributed by atoms with Gasteiger partial charge < -0.3 is 0 Å². The third-order valence-electron chi connectivity index (χ3n) is 2.61. The number of rotatable bonds is 1. The van der Waals surface area contributed by atoms with Gasteiger partial charge in [0.25, 0.3) is 0 Å². The molecule has 17 heavy (non-hydrogen) atoms. The molecular formula is C13H8ClN2O. The van der Waals surface area contributed by atoms with Gasteiger partial charge in [-0.15, -0.1) is 4.73 Å². The van der Waals surface area contributed by atoms with Crippen LogP contribution in [0.25, 0.3) is 22.4 Å². The highest BCUT2D eigenvalue weighted by molar-refractivity contribution is 6.31. The zero-order chi connectivity index (χ0) is 11.8.